The monoisotopic (exact) mass is 321 g/mol. The van der Waals surface area contributed by atoms with E-state index in [0.717, 1.165) is 31.4 Å². The van der Waals surface area contributed by atoms with Gasteiger partial charge in [-0.05, 0) is 30.9 Å². The van der Waals surface area contributed by atoms with Crippen LogP contribution in [0.3, 0.4) is 0 Å². The molecule has 2 heterocycles. The number of carbonyl (C=O) groups excluding carboxylic acids is 1. The lowest BCUT2D eigenvalue weighted by Crippen LogP contribution is -2.31. The first kappa shape index (κ1) is 14.7. The van der Waals surface area contributed by atoms with Gasteiger partial charge in [-0.15, -0.1) is 0 Å². The van der Waals surface area contributed by atoms with Crippen LogP contribution in [0.15, 0.2) is 48.8 Å². The molecule has 0 aliphatic heterocycles. The average Bonchev–Trinajstić information content (AvgIpc) is 3.27. The van der Waals surface area contributed by atoms with Crippen molar-refractivity contribution in [2.45, 2.75) is 31.8 Å². The van der Waals surface area contributed by atoms with E-state index in [-0.39, 0.29) is 11.9 Å². The zero-order valence-electron chi connectivity index (χ0n) is 13.3. The van der Waals surface area contributed by atoms with Gasteiger partial charge in [0.2, 0.25) is 0 Å². The lowest BCUT2D eigenvalue weighted by atomic mass is 9.92. The Kier molecular flexibility index (Phi) is 3.86. The number of carbonyl (C=O) groups is 1. The van der Waals surface area contributed by atoms with Crippen LogP contribution in [0.1, 0.15) is 46.2 Å². The molecule has 1 aromatic carbocycles. The smallest absolute Gasteiger partial charge is 0.269 e. The molecule has 122 valence electrons. The van der Waals surface area contributed by atoms with E-state index in [4.69, 9.17) is 0 Å². The maximum absolute atomic E-state index is 12.3. The summed E-state index contributed by atoms with van der Waals surface area (Å²) in [7, 11) is 0. The Morgan fingerprint density at radius 1 is 1.29 bits per heavy atom. The Labute approximate surface area is 139 Å². The first-order valence-corrected chi connectivity index (χ1v) is 8.20. The summed E-state index contributed by atoms with van der Waals surface area (Å²) in [5, 5.41) is 14.2. The van der Waals surface area contributed by atoms with Gasteiger partial charge >= 0.3 is 0 Å². The van der Waals surface area contributed by atoms with Crippen LogP contribution in [-0.2, 0) is 13.0 Å². The maximum Gasteiger partial charge on any atom is 0.269 e. The van der Waals surface area contributed by atoms with Gasteiger partial charge in [-0.1, -0.05) is 30.3 Å². The Morgan fingerprint density at radius 2 is 2.17 bits per heavy atom. The highest BCUT2D eigenvalue weighted by Gasteiger charge is 2.26. The molecule has 24 heavy (non-hydrogen) atoms. The van der Waals surface area contributed by atoms with Crippen molar-refractivity contribution in [2.24, 2.45) is 0 Å². The number of hydrogen-bond acceptors (Lipinski definition) is 3. The minimum atomic E-state index is -0.124. The van der Waals surface area contributed by atoms with Crippen LogP contribution in [0.25, 0.3) is 0 Å². The zero-order valence-corrected chi connectivity index (χ0v) is 13.3. The Bertz CT molecular complexity index is 822. The molecule has 0 bridgehead atoms. The number of nitrogens with zero attached hydrogens (tertiary/aromatic N) is 3. The van der Waals surface area contributed by atoms with Gasteiger partial charge in [0.15, 0.2) is 0 Å². The number of amides is 1. The number of rotatable bonds is 4. The van der Waals surface area contributed by atoms with Gasteiger partial charge in [0, 0.05) is 17.5 Å². The Balaban J connectivity index is 1.54. The second-order valence-corrected chi connectivity index (χ2v) is 6.08. The van der Waals surface area contributed by atoms with E-state index in [0.29, 0.717) is 5.69 Å². The molecule has 6 nitrogen and oxygen atoms in total. The number of hydrogen-bond donors (Lipinski definition) is 2. The quantitative estimate of drug-likeness (QED) is 0.775. The fourth-order valence-corrected chi connectivity index (χ4v) is 3.28. The first-order valence-electron chi connectivity index (χ1n) is 8.20. The highest BCUT2D eigenvalue weighted by molar-refractivity contribution is 5.92. The standard InChI is InChI=1S/C18H19N5O/c24-18(16-9-10-19-22-16)21-15-7-4-8-17-14(15)11-20-23(17)12-13-5-2-1-3-6-13/h1-3,5-6,9-11,15H,4,7-8,12H2,(H,19,22)(H,21,24)/t15-/m1/s1. The largest absolute Gasteiger partial charge is 0.344 e. The van der Waals surface area contributed by atoms with E-state index in [1.54, 1.807) is 12.3 Å². The zero-order chi connectivity index (χ0) is 16.4. The van der Waals surface area contributed by atoms with Gasteiger partial charge in [-0.2, -0.15) is 10.2 Å². The van der Waals surface area contributed by atoms with Gasteiger partial charge in [0.05, 0.1) is 18.8 Å². The van der Waals surface area contributed by atoms with E-state index in [9.17, 15) is 4.79 Å². The van der Waals surface area contributed by atoms with Crippen LogP contribution in [0.4, 0.5) is 0 Å². The van der Waals surface area contributed by atoms with Crippen molar-refractivity contribution in [3.05, 3.63) is 71.3 Å². The fraction of sp³-hybridized carbons (Fsp3) is 0.278. The van der Waals surface area contributed by atoms with E-state index in [2.05, 4.69) is 37.4 Å². The van der Waals surface area contributed by atoms with Gasteiger partial charge < -0.3 is 5.32 Å². The van der Waals surface area contributed by atoms with Crippen LogP contribution in [0.5, 0.6) is 0 Å². The number of aromatic nitrogens is 4. The summed E-state index contributed by atoms with van der Waals surface area (Å²) in [5.74, 6) is -0.124. The van der Waals surface area contributed by atoms with Gasteiger partial charge in [-0.25, -0.2) is 0 Å². The van der Waals surface area contributed by atoms with E-state index in [1.807, 2.05) is 24.4 Å². The summed E-state index contributed by atoms with van der Waals surface area (Å²) in [6.45, 7) is 0.761. The minimum absolute atomic E-state index is 0.00840. The summed E-state index contributed by atoms with van der Waals surface area (Å²) < 4.78 is 2.05. The van der Waals surface area contributed by atoms with Crippen molar-refractivity contribution in [2.75, 3.05) is 0 Å². The molecule has 2 N–H and O–H groups in total. The van der Waals surface area contributed by atoms with E-state index < -0.39 is 0 Å². The first-order chi connectivity index (χ1) is 11.8. The second-order valence-electron chi connectivity index (χ2n) is 6.08. The molecule has 0 unspecified atom stereocenters. The molecule has 1 aliphatic rings. The van der Waals surface area contributed by atoms with Gasteiger partial charge in [0.1, 0.15) is 5.69 Å². The third-order valence-electron chi connectivity index (χ3n) is 4.49. The van der Waals surface area contributed by atoms with E-state index >= 15 is 0 Å². The maximum atomic E-state index is 12.3. The van der Waals surface area contributed by atoms with Crippen LogP contribution in [0.2, 0.25) is 0 Å². The Morgan fingerprint density at radius 3 is 2.96 bits per heavy atom. The van der Waals surface area contributed by atoms with Crippen molar-refractivity contribution in [3.63, 3.8) is 0 Å². The number of nitrogens with one attached hydrogen (secondary N) is 2. The lowest BCUT2D eigenvalue weighted by molar-refractivity contribution is 0.0927. The predicted molar refractivity (Wildman–Crippen MR) is 89.5 cm³/mol. The molecule has 0 saturated heterocycles. The van der Waals surface area contributed by atoms with Crippen molar-refractivity contribution >= 4 is 5.91 Å². The SMILES string of the molecule is O=C(N[C@@H]1CCCc2c1cnn2Cc1ccccc1)c1ccn[nH]1. The van der Waals surface area contributed by atoms with Crippen molar-refractivity contribution in [3.8, 4) is 0 Å². The van der Waals surface area contributed by atoms with Crippen LogP contribution >= 0.6 is 0 Å². The number of H-pyrrole nitrogens is 1. The third kappa shape index (κ3) is 2.82. The average molecular weight is 321 g/mol. The molecule has 6 heteroatoms. The molecular weight excluding hydrogens is 302 g/mol. The molecule has 3 aromatic rings. The van der Waals surface area contributed by atoms with Crippen molar-refractivity contribution < 1.29 is 4.79 Å². The summed E-state index contributed by atoms with van der Waals surface area (Å²) in [4.78, 5) is 12.3. The number of benzene rings is 1. The van der Waals surface area contributed by atoms with Crippen molar-refractivity contribution in [1.82, 2.24) is 25.3 Å². The van der Waals surface area contributed by atoms with Gasteiger partial charge in [-0.3, -0.25) is 14.6 Å². The van der Waals surface area contributed by atoms with Crippen molar-refractivity contribution in [1.29, 1.82) is 0 Å². The number of fused-ring (bicyclic) bond motifs is 1. The summed E-state index contributed by atoms with van der Waals surface area (Å²) >= 11 is 0. The highest BCUT2D eigenvalue weighted by Crippen LogP contribution is 2.30. The summed E-state index contributed by atoms with van der Waals surface area (Å²) in [6.07, 6.45) is 6.46. The number of aromatic amines is 1. The fourth-order valence-electron chi connectivity index (χ4n) is 3.28. The van der Waals surface area contributed by atoms with Crippen LogP contribution < -0.4 is 5.32 Å². The highest BCUT2D eigenvalue weighted by atomic mass is 16.2. The molecule has 4 rings (SSSR count). The minimum Gasteiger partial charge on any atom is -0.344 e. The lowest BCUT2D eigenvalue weighted by Gasteiger charge is -2.24. The normalized spacial score (nSPS) is 16.6. The molecule has 1 amide bonds. The predicted octanol–water partition coefficient (Wildman–Crippen LogP) is 2.46. The summed E-state index contributed by atoms with van der Waals surface area (Å²) in [6, 6.07) is 12.0. The molecule has 0 spiro atoms. The topological polar surface area (TPSA) is 75.6 Å². The second kappa shape index (κ2) is 6.31. The summed E-state index contributed by atoms with van der Waals surface area (Å²) in [5.41, 5.74) is 4.07. The molecule has 0 saturated carbocycles. The van der Waals surface area contributed by atoms with Crippen LogP contribution in [0, 0.1) is 0 Å². The van der Waals surface area contributed by atoms with E-state index in [1.165, 1.54) is 11.3 Å². The molecule has 0 radical (unpaired) electrons. The van der Waals surface area contributed by atoms with Gasteiger partial charge in [0.25, 0.3) is 5.91 Å². The molecule has 2 aromatic heterocycles. The van der Waals surface area contributed by atoms with Crippen LogP contribution in [-0.4, -0.2) is 25.9 Å². The third-order valence-corrected chi connectivity index (χ3v) is 4.49. The Hall–Kier alpha value is -2.89. The molecule has 0 fully saturated rings. The molecule has 1 aliphatic carbocycles. The molecule has 1 atom stereocenters. The molecular formula is C18H19N5O.